The Balaban J connectivity index is 1.67. The molecule has 3 rings (SSSR count). The first-order valence-electron chi connectivity index (χ1n) is 10.3. The number of piperidine rings is 1. The zero-order valence-electron chi connectivity index (χ0n) is 17.1. The van der Waals surface area contributed by atoms with Gasteiger partial charge in [-0.05, 0) is 43.1 Å². The fourth-order valence-corrected chi connectivity index (χ4v) is 4.37. The first-order valence-corrected chi connectivity index (χ1v) is 10.3. The average molecular weight is 399 g/mol. The van der Waals surface area contributed by atoms with Gasteiger partial charge in [-0.3, -0.25) is 19.7 Å². The van der Waals surface area contributed by atoms with Crippen LogP contribution in [0, 0.1) is 11.8 Å². The van der Waals surface area contributed by atoms with Crippen molar-refractivity contribution in [3.63, 3.8) is 0 Å². The van der Waals surface area contributed by atoms with E-state index in [1.807, 2.05) is 44.2 Å². The fourth-order valence-electron chi connectivity index (χ4n) is 4.37. The number of likely N-dealkylation sites (tertiary alicyclic amines) is 1. The molecule has 0 spiro atoms. The monoisotopic (exact) mass is 399 g/mol. The Hall–Kier alpha value is -2.70. The van der Waals surface area contributed by atoms with Crippen LogP contribution in [-0.2, 0) is 20.8 Å². The number of rotatable bonds is 7. The molecule has 0 aromatic heterocycles. The van der Waals surface area contributed by atoms with Crippen molar-refractivity contribution in [2.24, 2.45) is 11.8 Å². The molecule has 1 aromatic rings. The third-order valence-electron chi connectivity index (χ3n) is 5.93. The largest absolute Gasteiger partial charge is 0.336 e. The van der Waals surface area contributed by atoms with Crippen LogP contribution in [-0.4, -0.2) is 47.2 Å². The summed E-state index contributed by atoms with van der Waals surface area (Å²) in [7, 11) is 0. The molecule has 0 radical (unpaired) electrons. The lowest BCUT2D eigenvalue weighted by Gasteiger charge is -2.40. The van der Waals surface area contributed by atoms with E-state index in [-0.39, 0.29) is 29.9 Å². The molecule has 2 aliphatic heterocycles. The van der Waals surface area contributed by atoms with Gasteiger partial charge in [0.25, 0.3) is 11.8 Å². The molecule has 0 saturated carbocycles. The number of imide groups is 1. The lowest BCUT2D eigenvalue weighted by Crippen LogP contribution is -2.57. The molecule has 29 heavy (non-hydrogen) atoms. The van der Waals surface area contributed by atoms with Gasteiger partial charge < -0.3 is 10.2 Å². The zero-order chi connectivity index (χ0) is 21.0. The fraction of sp³-hybridized carbons (Fsp3) is 0.545. The van der Waals surface area contributed by atoms with Crippen molar-refractivity contribution in [2.45, 2.75) is 51.5 Å². The summed E-state index contributed by atoms with van der Waals surface area (Å²) in [5.74, 6) is -1.02. The molecule has 2 saturated heterocycles. The summed E-state index contributed by atoms with van der Waals surface area (Å²) >= 11 is 0. The average Bonchev–Trinajstić information content (AvgIpc) is 3.00. The van der Waals surface area contributed by atoms with Gasteiger partial charge in [-0.2, -0.15) is 0 Å². The SMILES string of the molecule is CC(C)CC(=O)C(=O)N1CCC(C2(CCc3ccccc3)NC(=O)NC2=O)CC1. The van der Waals surface area contributed by atoms with Crippen LogP contribution in [0.2, 0.25) is 0 Å². The number of carbonyl (C=O) groups is 4. The summed E-state index contributed by atoms with van der Waals surface area (Å²) in [5.41, 5.74) is 0.136. The van der Waals surface area contributed by atoms with E-state index >= 15 is 0 Å². The van der Waals surface area contributed by atoms with E-state index in [0.29, 0.717) is 38.8 Å². The Bertz CT molecular complexity index is 785. The highest BCUT2D eigenvalue weighted by atomic mass is 16.2. The Kier molecular flexibility index (Phi) is 6.35. The maximum absolute atomic E-state index is 12.7. The number of hydrogen-bond donors (Lipinski definition) is 2. The maximum Gasteiger partial charge on any atom is 0.322 e. The summed E-state index contributed by atoms with van der Waals surface area (Å²) in [5, 5.41) is 5.27. The predicted molar refractivity (Wildman–Crippen MR) is 108 cm³/mol. The summed E-state index contributed by atoms with van der Waals surface area (Å²) in [6.07, 6.45) is 2.56. The molecular formula is C22H29N3O4. The lowest BCUT2D eigenvalue weighted by molar-refractivity contribution is -0.146. The number of carbonyl (C=O) groups excluding carboxylic acids is 4. The molecule has 156 valence electrons. The molecule has 2 fully saturated rings. The second-order valence-corrected chi connectivity index (χ2v) is 8.45. The number of urea groups is 1. The molecule has 2 N–H and O–H groups in total. The summed E-state index contributed by atoms with van der Waals surface area (Å²) < 4.78 is 0. The number of nitrogens with zero attached hydrogens (tertiary/aromatic N) is 1. The van der Waals surface area contributed by atoms with E-state index in [1.54, 1.807) is 4.90 Å². The number of nitrogens with one attached hydrogen (secondary N) is 2. The molecule has 1 unspecified atom stereocenters. The zero-order valence-corrected chi connectivity index (χ0v) is 17.1. The minimum atomic E-state index is -0.968. The van der Waals surface area contributed by atoms with Crippen LogP contribution in [0.3, 0.4) is 0 Å². The highest BCUT2D eigenvalue weighted by Crippen LogP contribution is 2.34. The third-order valence-corrected chi connectivity index (χ3v) is 5.93. The van der Waals surface area contributed by atoms with Crippen LogP contribution in [0.5, 0.6) is 0 Å². The molecule has 4 amide bonds. The van der Waals surface area contributed by atoms with E-state index in [0.717, 1.165) is 5.56 Å². The summed E-state index contributed by atoms with van der Waals surface area (Å²) in [4.78, 5) is 50.8. The quantitative estimate of drug-likeness (QED) is 0.542. The molecule has 0 bridgehead atoms. The van der Waals surface area contributed by atoms with Crippen LogP contribution in [0.1, 0.15) is 45.1 Å². The van der Waals surface area contributed by atoms with E-state index < -0.39 is 17.5 Å². The lowest BCUT2D eigenvalue weighted by atomic mass is 9.74. The van der Waals surface area contributed by atoms with Gasteiger partial charge >= 0.3 is 6.03 Å². The smallest absolute Gasteiger partial charge is 0.322 e. The first kappa shape index (κ1) is 21.0. The van der Waals surface area contributed by atoms with Crippen LogP contribution < -0.4 is 10.6 Å². The summed E-state index contributed by atoms with van der Waals surface area (Å²) in [6, 6.07) is 9.39. The van der Waals surface area contributed by atoms with E-state index in [9.17, 15) is 19.2 Å². The van der Waals surface area contributed by atoms with Gasteiger partial charge in [-0.25, -0.2) is 4.79 Å². The topological polar surface area (TPSA) is 95.6 Å². The molecular weight excluding hydrogens is 370 g/mol. The van der Waals surface area contributed by atoms with Crippen molar-refractivity contribution in [2.75, 3.05) is 13.1 Å². The van der Waals surface area contributed by atoms with Gasteiger partial charge in [-0.1, -0.05) is 44.2 Å². The van der Waals surface area contributed by atoms with E-state index in [2.05, 4.69) is 10.6 Å². The molecule has 7 heteroatoms. The number of aryl methyl sites for hydroxylation is 1. The molecule has 2 aliphatic rings. The Morgan fingerprint density at radius 3 is 2.34 bits per heavy atom. The van der Waals surface area contributed by atoms with Crippen molar-refractivity contribution < 1.29 is 19.2 Å². The van der Waals surface area contributed by atoms with Crippen LogP contribution in [0.25, 0.3) is 0 Å². The number of ketones is 1. The van der Waals surface area contributed by atoms with Gasteiger partial charge in [0.2, 0.25) is 5.78 Å². The van der Waals surface area contributed by atoms with Crippen molar-refractivity contribution in [3.8, 4) is 0 Å². The van der Waals surface area contributed by atoms with E-state index in [4.69, 9.17) is 0 Å². The predicted octanol–water partition coefficient (Wildman–Crippen LogP) is 2.05. The Labute approximate surface area is 171 Å². The molecule has 1 aromatic carbocycles. The second-order valence-electron chi connectivity index (χ2n) is 8.45. The van der Waals surface area contributed by atoms with Crippen molar-refractivity contribution in [1.82, 2.24) is 15.5 Å². The molecule has 0 aliphatic carbocycles. The highest BCUT2D eigenvalue weighted by molar-refractivity contribution is 6.36. The molecule has 1 atom stereocenters. The summed E-state index contributed by atoms with van der Waals surface area (Å²) in [6.45, 7) is 4.66. The van der Waals surface area contributed by atoms with Gasteiger partial charge in [0.1, 0.15) is 5.54 Å². The van der Waals surface area contributed by atoms with Crippen molar-refractivity contribution in [3.05, 3.63) is 35.9 Å². The minimum Gasteiger partial charge on any atom is -0.336 e. The van der Waals surface area contributed by atoms with Gasteiger partial charge in [-0.15, -0.1) is 0 Å². The second kappa shape index (κ2) is 8.76. The van der Waals surface area contributed by atoms with Crippen molar-refractivity contribution >= 4 is 23.6 Å². The van der Waals surface area contributed by atoms with Gasteiger partial charge in [0.05, 0.1) is 0 Å². The third kappa shape index (κ3) is 4.66. The number of benzene rings is 1. The standard InChI is InChI=1S/C22H29N3O4/c1-15(2)14-18(26)19(27)25-12-9-17(10-13-25)22(20(28)23-21(29)24-22)11-8-16-6-4-3-5-7-16/h3-7,15,17H,8-14H2,1-2H3,(H2,23,24,28,29). The molecule has 2 heterocycles. The van der Waals surface area contributed by atoms with Gasteiger partial charge in [0, 0.05) is 19.5 Å². The van der Waals surface area contributed by atoms with Crippen LogP contribution >= 0.6 is 0 Å². The van der Waals surface area contributed by atoms with Gasteiger partial charge in [0.15, 0.2) is 0 Å². The Morgan fingerprint density at radius 1 is 1.14 bits per heavy atom. The Morgan fingerprint density at radius 2 is 1.79 bits per heavy atom. The van der Waals surface area contributed by atoms with Crippen LogP contribution in [0.4, 0.5) is 4.79 Å². The highest BCUT2D eigenvalue weighted by Gasteiger charge is 2.52. The van der Waals surface area contributed by atoms with Crippen molar-refractivity contribution in [1.29, 1.82) is 0 Å². The number of hydrogen-bond acceptors (Lipinski definition) is 4. The molecule has 7 nitrogen and oxygen atoms in total. The minimum absolute atomic E-state index is 0.0816. The first-order chi connectivity index (χ1) is 13.8. The maximum atomic E-state index is 12.7. The van der Waals surface area contributed by atoms with E-state index in [1.165, 1.54) is 0 Å². The number of Topliss-reactive ketones (excluding diaryl/α,β-unsaturated/α-hetero) is 1. The normalized spacial score (nSPS) is 22.5. The van der Waals surface area contributed by atoms with Crippen LogP contribution in [0.15, 0.2) is 30.3 Å². The number of amides is 4.